The van der Waals surface area contributed by atoms with Gasteiger partial charge in [0.1, 0.15) is 6.23 Å². The number of rotatable bonds is 10. The summed E-state index contributed by atoms with van der Waals surface area (Å²) in [5.41, 5.74) is -0.480. The molecule has 4 atom stereocenters. The first-order valence-electron chi connectivity index (χ1n) is 13.3. The number of nitrogens with one attached hydrogen (secondary N) is 1. The van der Waals surface area contributed by atoms with E-state index in [1.54, 1.807) is 12.1 Å². The van der Waals surface area contributed by atoms with Crippen molar-refractivity contribution in [1.82, 2.24) is 9.55 Å². The van der Waals surface area contributed by atoms with Crippen molar-refractivity contribution in [2.75, 3.05) is 0 Å². The van der Waals surface area contributed by atoms with E-state index in [9.17, 15) is 19.7 Å². The molecule has 2 heterocycles. The molecule has 1 aromatic carbocycles. The summed E-state index contributed by atoms with van der Waals surface area (Å²) in [6, 6.07) is 4.99. The number of H-pyrrole nitrogens is 1. The molecule has 12 heteroatoms. The topological polar surface area (TPSA) is 126 Å². The maximum Gasteiger partial charge on any atom is 0.330 e. The lowest BCUT2D eigenvalue weighted by atomic mass is 9.97. The van der Waals surface area contributed by atoms with Gasteiger partial charge in [-0.2, -0.15) is 0 Å². The van der Waals surface area contributed by atoms with Crippen LogP contribution in [-0.4, -0.2) is 35.0 Å². The monoisotopic (exact) mass is 673 g/mol. The molecule has 0 radical (unpaired) electrons. The van der Waals surface area contributed by atoms with Gasteiger partial charge in [-0.05, 0) is 65.2 Å². The Balaban J connectivity index is 1.86. The fourth-order valence-corrected chi connectivity index (χ4v) is 6.33. The van der Waals surface area contributed by atoms with Gasteiger partial charge < -0.3 is 13.9 Å². The van der Waals surface area contributed by atoms with E-state index in [-0.39, 0.29) is 41.0 Å². The molecule has 0 saturated carbocycles. The lowest BCUT2D eigenvalue weighted by Gasteiger charge is -2.39. The molecule has 2 aromatic rings. The van der Waals surface area contributed by atoms with E-state index in [4.69, 9.17) is 13.9 Å². The van der Waals surface area contributed by atoms with Crippen LogP contribution in [0.5, 0.6) is 0 Å². The zero-order valence-electron chi connectivity index (χ0n) is 23.9. The highest BCUT2D eigenvalue weighted by Gasteiger charge is 2.44. The second-order valence-electron chi connectivity index (χ2n) is 11.9. The number of nitrogens with zero attached hydrogens (tertiary/aromatic N) is 2. The second kappa shape index (κ2) is 12.3. The van der Waals surface area contributed by atoms with Crippen molar-refractivity contribution >= 4 is 36.6 Å². The standard InChI is InChI=1S/C27H40IN3O7Si/c1-9-21-22(38-39(7,8)27(4,5)6)13-23(37-21)30-14-17(25(32)29-26(30)33)15-36-24(16(2)3)19-11-10-18(28)12-20(19)31(34)35/h10-12,14,16,21-24H,9,13,15H2,1-8H3,(H,29,32,33)/t21-,22?,23-,24-/m1/s1. The van der Waals surface area contributed by atoms with Gasteiger partial charge in [-0.15, -0.1) is 0 Å². The molecule has 1 fully saturated rings. The Hall–Kier alpha value is -1.87. The Morgan fingerprint density at radius 3 is 2.51 bits per heavy atom. The Kier molecular flexibility index (Phi) is 10.0. The van der Waals surface area contributed by atoms with Crippen LogP contribution < -0.4 is 11.2 Å². The lowest BCUT2D eigenvalue weighted by molar-refractivity contribution is -0.386. The van der Waals surface area contributed by atoms with Crippen molar-refractivity contribution in [2.45, 2.75) is 104 Å². The molecule has 1 aliphatic heterocycles. The minimum Gasteiger partial charge on any atom is -0.411 e. The molecule has 1 N–H and O–H groups in total. The van der Waals surface area contributed by atoms with E-state index < -0.39 is 36.8 Å². The summed E-state index contributed by atoms with van der Waals surface area (Å²) in [5, 5.41) is 11.7. The normalized spacial score (nSPS) is 20.9. The van der Waals surface area contributed by atoms with Crippen LogP contribution in [0.3, 0.4) is 0 Å². The van der Waals surface area contributed by atoms with Gasteiger partial charge in [0.25, 0.3) is 11.2 Å². The molecule has 0 spiro atoms. The summed E-state index contributed by atoms with van der Waals surface area (Å²) >= 11 is 2.03. The lowest BCUT2D eigenvalue weighted by Crippen LogP contribution is -2.45. The average molecular weight is 674 g/mol. The molecule has 1 saturated heterocycles. The third kappa shape index (κ3) is 7.26. The molecule has 1 unspecified atom stereocenters. The van der Waals surface area contributed by atoms with E-state index >= 15 is 0 Å². The number of hydrogen-bond donors (Lipinski definition) is 1. The van der Waals surface area contributed by atoms with Crippen molar-refractivity contribution in [2.24, 2.45) is 5.92 Å². The predicted octanol–water partition coefficient (Wildman–Crippen LogP) is 6.05. The van der Waals surface area contributed by atoms with Crippen LogP contribution in [0.2, 0.25) is 18.1 Å². The van der Waals surface area contributed by atoms with Gasteiger partial charge in [-0.3, -0.25) is 24.5 Å². The molecule has 3 rings (SSSR count). The fourth-order valence-electron chi connectivity index (χ4n) is 4.49. The molecule has 39 heavy (non-hydrogen) atoms. The zero-order valence-corrected chi connectivity index (χ0v) is 27.1. The smallest absolute Gasteiger partial charge is 0.330 e. The van der Waals surface area contributed by atoms with Crippen molar-refractivity contribution in [3.05, 3.63) is 70.0 Å². The van der Waals surface area contributed by atoms with Gasteiger partial charge in [-0.25, -0.2) is 4.79 Å². The van der Waals surface area contributed by atoms with Gasteiger partial charge in [0.05, 0.1) is 41.0 Å². The molecule has 1 aliphatic rings. The fraction of sp³-hybridized carbons (Fsp3) is 0.630. The number of aromatic amines is 1. The molecular weight excluding hydrogens is 633 g/mol. The van der Waals surface area contributed by atoms with Crippen LogP contribution in [0.1, 0.15) is 77.8 Å². The van der Waals surface area contributed by atoms with Crippen LogP contribution in [0.15, 0.2) is 34.0 Å². The number of hydrogen-bond acceptors (Lipinski definition) is 7. The van der Waals surface area contributed by atoms with Crippen molar-refractivity contribution < 1.29 is 18.8 Å². The zero-order chi connectivity index (χ0) is 29.3. The largest absolute Gasteiger partial charge is 0.411 e. The second-order valence-corrected chi connectivity index (χ2v) is 17.9. The molecule has 0 aliphatic carbocycles. The van der Waals surface area contributed by atoms with E-state index in [0.29, 0.717) is 12.0 Å². The van der Waals surface area contributed by atoms with Gasteiger partial charge in [0, 0.05) is 22.3 Å². The van der Waals surface area contributed by atoms with Crippen LogP contribution >= 0.6 is 22.6 Å². The molecule has 1 aromatic heterocycles. The Bertz CT molecular complexity index is 1300. The maximum absolute atomic E-state index is 12.8. The van der Waals surface area contributed by atoms with Crippen molar-refractivity contribution in [3.8, 4) is 0 Å². The Morgan fingerprint density at radius 1 is 1.28 bits per heavy atom. The molecule has 216 valence electrons. The SMILES string of the molecule is CC[C@H]1O[C@@H](n2cc(CO[C@@H](c3ccc(I)cc3[N+](=O)[O-])C(C)C)c(=O)[nH]c2=O)CC1O[Si](C)(C)C(C)(C)C. The number of nitro groups is 1. The first kappa shape index (κ1) is 31.7. The van der Waals surface area contributed by atoms with E-state index in [1.807, 2.05) is 43.4 Å². The summed E-state index contributed by atoms with van der Waals surface area (Å²) < 4.78 is 21.2. The van der Waals surface area contributed by atoms with Crippen molar-refractivity contribution in [3.63, 3.8) is 0 Å². The van der Waals surface area contributed by atoms with Crippen LogP contribution in [0.25, 0.3) is 0 Å². The van der Waals surface area contributed by atoms with Gasteiger partial charge in [-0.1, -0.05) is 41.5 Å². The predicted molar refractivity (Wildman–Crippen MR) is 160 cm³/mol. The molecule has 0 amide bonds. The van der Waals surface area contributed by atoms with Crippen LogP contribution in [0, 0.1) is 19.6 Å². The number of nitro benzene ring substituents is 1. The van der Waals surface area contributed by atoms with Crippen LogP contribution in [-0.2, 0) is 20.5 Å². The highest BCUT2D eigenvalue weighted by Crippen LogP contribution is 2.41. The molecular formula is C27H40IN3O7Si. The van der Waals surface area contributed by atoms with Gasteiger partial charge >= 0.3 is 5.69 Å². The van der Waals surface area contributed by atoms with Gasteiger partial charge in [0.15, 0.2) is 8.32 Å². The quantitative estimate of drug-likeness (QED) is 0.141. The highest BCUT2D eigenvalue weighted by atomic mass is 127. The Labute approximate surface area is 243 Å². The third-order valence-corrected chi connectivity index (χ3v) is 12.9. The summed E-state index contributed by atoms with van der Waals surface area (Å²) in [6.45, 7) is 16.6. The number of ether oxygens (including phenoxy) is 2. The molecule has 0 bridgehead atoms. The van der Waals surface area contributed by atoms with Gasteiger partial charge in [0.2, 0.25) is 0 Å². The minimum atomic E-state index is -2.07. The summed E-state index contributed by atoms with van der Waals surface area (Å²) in [4.78, 5) is 39.2. The summed E-state index contributed by atoms with van der Waals surface area (Å²) in [5.74, 6) is -0.106. The summed E-state index contributed by atoms with van der Waals surface area (Å²) in [7, 11) is -2.07. The number of benzene rings is 1. The first-order valence-corrected chi connectivity index (χ1v) is 17.3. The minimum absolute atomic E-state index is 0.0295. The number of halogens is 1. The highest BCUT2D eigenvalue weighted by molar-refractivity contribution is 14.1. The summed E-state index contributed by atoms with van der Waals surface area (Å²) in [6.07, 6.45) is 1.14. The van der Waals surface area contributed by atoms with Crippen LogP contribution in [0.4, 0.5) is 5.69 Å². The molecule has 10 nitrogen and oxygen atoms in total. The van der Waals surface area contributed by atoms with E-state index in [0.717, 1.165) is 9.99 Å². The third-order valence-electron chi connectivity index (χ3n) is 7.71. The first-order chi connectivity index (χ1) is 18.1. The van der Waals surface area contributed by atoms with Crippen molar-refractivity contribution in [1.29, 1.82) is 0 Å². The average Bonchev–Trinajstić information content (AvgIpc) is 3.21. The van der Waals surface area contributed by atoms with E-state index in [2.05, 4.69) is 38.8 Å². The maximum atomic E-state index is 12.8. The van der Waals surface area contributed by atoms with E-state index in [1.165, 1.54) is 16.8 Å². The number of aromatic nitrogens is 2. The Morgan fingerprint density at radius 2 is 1.95 bits per heavy atom.